The first-order valence-corrected chi connectivity index (χ1v) is 12.8. The number of nitrogens with zero attached hydrogens (tertiary/aromatic N) is 2. The maximum atomic E-state index is 14.1. The van der Waals surface area contributed by atoms with Crippen molar-refractivity contribution in [1.82, 2.24) is 9.69 Å². The van der Waals surface area contributed by atoms with Crippen LogP contribution in [-0.2, 0) is 4.79 Å². The van der Waals surface area contributed by atoms with Crippen LogP contribution in [0, 0.1) is 20.8 Å². The average Bonchev–Trinajstić information content (AvgIpc) is 3.42. The van der Waals surface area contributed by atoms with Gasteiger partial charge in [0.25, 0.3) is 17.7 Å². The van der Waals surface area contributed by atoms with Crippen LogP contribution >= 0.6 is 11.5 Å². The number of primary amides is 1. The van der Waals surface area contributed by atoms with Gasteiger partial charge in [-0.05, 0) is 80.5 Å². The molecule has 1 fully saturated rings. The molecule has 4 rings (SSSR count). The van der Waals surface area contributed by atoms with E-state index in [1.54, 1.807) is 19.1 Å². The minimum Gasteiger partial charge on any atom is -0.464 e. The molecule has 36 heavy (non-hydrogen) atoms. The van der Waals surface area contributed by atoms with E-state index < -0.39 is 17.9 Å². The lowest BCUT2D eigenvalue weighted by Gasteiger charge is -2.32. The molecule has 190 valence electrons. The Morgan fingerprint density at radius 2 is 1.75 bits per heavy atom. The van der Waals surface area contributed by atoms with E-state index in [1.165, 1.54) is 4.90 Å². The summed E-state index contributed by atoms with van der Waals surface area (Å²) in [5.74, 6) is -0.801. The molecule has 1 aromatic carbocycles. The molecule has 1 saturated carbocycles. The van der Waals surface area contributed by atoms with E-state index in [-0.39, 0.29) is 28.2 Å². The predicted octanol–water partition coefficient (Wildman–Crippen LogP) is 4.18. The van der Waals surface area contributed by atoms with Crippen molar-refractivity contribution in [2.75, 3.05) is 10.6 Å². The number of nitrogens with two attached hydrogens (primary N) is 2. The first-order valence-electron chi connectivity index (χ1n) is 12.0. The van der Waals surface area contributed by atoms with Gasteiger partial charge < -0.3 is 21.2 Å². The van der Waals surface area contributed by atoms with Crippen LogP contribution < -0.4 is 21.7 Å². The highest BCUT2D eigenvalue weighted by molar-refractivity contribution is 7.09. The molecule has 0 spiro atoms. The Balaban J connectivity index is 1.85. The minimum absolute atomic E-state index is 0.0240. The summed E-state index contributed by atoms with van der Waals surface area (Å²) in [6.45, 7) is 5.61. The molecule has 1 aliphatic carbocycles. The van der Waals surface area contributed by atoms with E-state index in [0.717, 1.165) is 54.8 Å². The van der Waals surface area contributed by atoms with Gasteiger partial charge in [-0.1, -0.05) is 25.3 Å². The number of rotatable bonds is 7. The molecule has 0 aliphatic heterocycles. The van der Waals surface area contributed by atoms with Crippen LogP contribution in [0.3, 0.4) is 0 Å². The molecule has 2 aromatic heterocycles. The monoisotopic (exact) mass is 509 g/mol. The summed E-state index contributed by atoms with van der Waals surface area (Å²) in [4.78, 5) is 41.1. The third-order valence-corrected chi connectivity index (χ3v) is 7.20. The zero-order valence-corrected chi connectivity index (χ0v) is 21.5. The number of nitrogen functional groups attached to an aromatic ring is 1. The Hall–Kier alpha value is -3.66. The SMILES string of the molecule is Cc1cc(C)cc(N(C(=O)c2snc(C(N)=O)c2N)[C@H](C(=O)NC2CCCCC2)c2ccc(C)o2)c1. The normalized spacial score (nSPS) is 14.9. The third kappa shape index (κ3) is 5.28. The van der Waals surface area contributed by atoms with Crippen LogP contribution in [0.5, 0.6) is 0 Å². The summed E-state index contributed by atoms with van der Waals surface area (Å²) < 4.78 is 9.90. The topological polar surface area (TPSA) is 145 Å². The summed E-state index contributed by atoms with van der Waals surface area (Å²) in [6, 6.07) is 8.01. The molecule has 5 N–H and O–H groups in total. The van der Waals surface area contributed by atoms with E-state index in [1.807, 2.05) is 32.0 Å². The standard InChI is InChI=1S/C26H31N5O4S/c1-14-11-15(2)13-18(12-14)31(26(34)23-20(27)21(24(28)32)30-36-23)22(19-10-9-16(3)35-19)25(33)29-17-7-5-4-6-8-17/h9-13,17,22H,4-8,27H2,1-3H3,(H2,28,32)(H,29,33)/t22-/m0/s1. The number of amides is 3. The first kappa shape index (κ1) is 25.4. The lowest BCUT2D eigenvalue weighted by atomic mass is 9.95. The molecule has 3 amide bonds. The van der Waals surface area contributed by atoms with Crippen molar-refractivity contribution in [3.63, 3.8) is 0 Å². The second-order valence-corrected chi connectivity index (χ2v) is 10.1. The van der Waals surface area contributed by atoms with Crippen LogP contribution in [-0.4, -0.2) is 28.1 Å². The number of hydrogen-bond donors (Lipinski definition) is 3. The fraction of sp³-hybridized carbons (Fsp3) is 0.385. The highest BCUT2D eigenvalue weighted by Crippen LogP contribution is 2.35. The molecule has 0 saturated heterocycles. The molecule has 9 nitrogen and oxygen atoms in total. The molecule has 0 radical (unpaired) electrons. The highest BCUT2D eigenvalue weighted by atomic mass is 32.1. The molecule has 3 aromatic rings. The van der Waals surface area contributed by atoms with Gasteiger partial charge in [0.2, 0.25) is 0 Å². The number of anilines is 2. The number of aryl methyl sites for hydroxylation is 3. The lowest BCUT2D eigenvalue weighted by Crippen LogP contribution is -2.47. The number of benzene rings is 1. The number of aromatic nitrogens is 1. The van der Waals surface area contributed by atoms with Gasteiger partial charge in [-0.25, -0.2) is 0 Å². The molecular weight excluding hydrogens is 478 g/mol. The first-order chi connectivity index (χ1) is 17.2. The summed E-state index contributed by atoms with van der Waals surface area (Å²) in [5, 5.41) is 3.14. The summed E-state index contributed by atoms with van der Waals surface area (Å²) in [6.07, 6.45) is 5.01. The van der Waals surface area contributed by atoms with E-state index in [4.69, 9.17) is 15.9 Å². The molecule has 10 heteroatoms. The Labute approximate surface area is 214 Å². The van der Waals surface area contributed by atoms with Crippen molar-refractivity contribution in [2.24, 2.45) is 5.73 Å². The highest BCUT2D eigenvalue weighted by Gasteiger charge is 2.38. The summed E-state index contributed by atoms with van der Waals surface area (Å²) in [7, 11) is 0. The molecule has 1 aliphatic rings. The number of furan rings is 1. The van der Waals surface area contributed by atoms with Crippen LogP contribution in [0.2, 0.25) is 0 Å². The Morgan fingerprint density at radius 1 is 1.08 bits per heavy atom. The number of carbonyl (C=O) groups is 3. The van der Waals surface area contributed by atoms with Gasteiger partial charge in [-0.15, -0.1) is 0 Å². The predicted molar refractivity (Wildman–Crippen MR) is 139 cm³/mol. The van der Waals surface area contributed by atoms with Crippen LogP contribution in [0.15, 0.2) is 34.7 Å². The van der Waals surface area contributed by atoms with Crippen molar-refractivity contribution in [3.05, 3.63) is 63.6 Å². The van der Waals surface area contributed by atoms with E-state index >= 15 is 0 Å². The average molecular weight is 510 g/mol. The van der Waals surface area contributed by atoms with E-state index in [9.17, 15) is 14.4 Å². The molecular formula is C26H31N5O4S. The number of carbonyl (C=O) groups excluding carboxylic acids is 3. The molecule has 0 unspecified atom stereocenters. The van der Waals surface area contributed by atoms with Crippen LogP contribution in [0.4, 0.5) is 11.4 Å². The van der Waals surface area contributed by atoms with Gasteiger partial charge in [-0.2, -0.15) is 4.37 Å². The van der Waals surface area contributed by atoms with Gasteiger partial charge >= 0.3 is 0 Å². The van der Waals surface area contributed by atoms with Gasteiger partial charge in [0.15, 0.2) is 11.7 Å². The quantitative estimate of drug-likeness (QED) is 0.436. The van der Waals surface area contributed by atoms with Crippen molar-refractivity contribution in [2.45, 2.75) is 65.0 Å². The Kier molecular flexibility index (Phi) is 7.44. The zero-order chi connectivity index (χ0) is 26.0. The summed E-state index contributed by atoms with van der Waals surface area (Å²) in [5.41, 5.74) is 13.6. The van der Waals surface area contributed by atoms with E-state index in [2.05, 4.69) is 9.69 Å². The number of nitrogens with one attached hydrogen (secondary N) is 1. The smallest absolute Gasteiger partial charge is 0.273 e. The maximum Gasteiger partial charge on any atom is 0.273 e. The largest absolute Gasteiger partial charge is 0.464 e. The Morgan fingerprint density at radius 3 is 2.31 bits per heavy atom. The second kappa shape index (κ2) is 10.5. The molecule has 0 bridgehead atoms. The van der Waals surface area contributed by atoms with Gasteiger partial charge in [0.1, 0.15) is 16.4 Å². The number of hydrogen-bond acceptors (Lipinski definition) is 7. The van der Waals surface area contributed by atoms with Crippen molar-refractivity contribution in [3.8, 4) is 0 Å². The minimum atomic E-state index is -1.10. The lowest BCUT2D eigenvalue weighted by molar-refractivity contribution is -0.123. The van der Waals surface area contributed by atoms with Crippen molar-refractivity contribution in [1.29, 1.82) is 0 Å². The summed E-state index contributed by atoms with van der Waals surface area (Å²) >= 11 is 0.780. The van der Waals surface area contributed by atoms with Gasteiger partial charge in [0.05, 0.1) is 5.69 Å². The third-order valence-electron chi connectivity index (χ3n) is 6.35. The van der Waals surface area contributed by atoms with Gasteiger partial charge in [-0.3, -0.25) is 19.3 Å². The maximum absolute atomic E-state index is 14.1. The van der Waals surface area contributed by atoms with Crippen molar-refractivity contribution < 1.29 is 18.8 Å². The van der Waals surface area contributed by atoms with Crippen molar-refractivity contribution >= 4 is 40.6 Å². The van der Waals surface area contributed by atoms with Crippen LogP contribution in [0.1, 0.15) is 81.0 Å². The fourth-order valence-electron chi connectivity index (χ4n) is 4.71. The Bertz CT molecular complexity index is 1270. The van der Waals surface area contributed by atoms with E-state index in [0.29, 0.717) is 17.2 Å². The van der Waals surface area contributed by atoms with Crippen LogP contribution in [0.25, 0.3) is 0 Å². The molecule has 2 heterocycles. The molecule has 1 atom stereocenters. The second-order valence-electron chi connectivity index (χ2n) is 9.35. The zero-order valence-electron chi connectivity index (χ0n) is 20.7. The fourth-order valence-corrected chi connectivity index (χ4v) is 5.46. The van der Waals surface area contributed by atoms with Gasteiger partial charge in [0, 0.05) is 11.7 Å².